The third kappa shape index (κ3) is 3.20. The van der Waals surface area contributed by atoms with Crippen LogP contribution >= 0.6 is 12.4 Å². The third-order valence-corrected chi connectivity index (χ3v) is 4.75. The van der Waals surface area contributed by atoms with Crippen LogP contribution in [0.2, 0.25) is 0 Å². The second-order valence-corrected chi connectivity index (χ2v) is 6.44. The van der Waals surface area contributed by atoms with E-state index >= 15 is 0 Å². The second kappa shape index (κ2) is 5.67. The Hall–Kier alpha value is -1.14. The summed E-state index contributed by atoms with van der Waals surface area (Å²) >= 11 is 0. The Morgan fingerprint density at radius 3 is 2.50 bits per heavy atom. The molecule has 1 saturated heterocycles. The lowest BCUT2D eigenvalue weighted by Gasteiger charge is -2.23. The first-order valence-electron chi connectivity index (χ1n) is 5.37. The molecular weight excluding hydrogens is 276 g/mol. The number of halogens is 1. The van der Waals surface area contributed by atoms with Gasteiger partial charge in [-0.1, -0.05) is 0 Å². The van der Waals surface area contributed by atoms with Crippen molar-refractivity contribution in [2.24, 2.45) is 0 Å². The van der Waals surface area contributed by atoms with Gasteiger partial charge in [-0.05, 0) is 18.6 Å². The number of hydrogen-bond donors (Lipinski definition) is 0. The van der Waals surface area contributed by atoms with E-state index in [0.717, 1.165) is 0 Å². The summed E-state index contributed by atoms with van der Waals surface area (Å²) in [6.45, 7) is 0. The van der Waals surface area contributed by atoms with Gasteiger partial charge in [0.2, 0.25) is 0 Å². The molecule has 1 aromatic rings. The summed E-state index contributed by atoms with van der Waals surface area (Å²) in [5.41, 5.74) is 0.534. The molecule has 5 nitrogen and oxygen atoms in total. The molecule has 0 aromatic carbocycles. The van der Waals surface area contributed by atoms with Crippen molar-refractivity contribution in [2.75, 3.05) is 18.6 Å². The van der Waals surface area contributed by atoms with E-state index in [0.29, 0.717) is 12.0 Å². The summed E-state index contributed by atoms with van der Waals surface area (Å²) < 4.78 is 22.7. The van der Waals surface area contributed by atoms with Gasteiger partial charge >= 0.3 is 0 Å². The Labute approximate surface area is 113 Å². The molecule has 1 unspecified atom stereocenters. The number of nitrogens with zero attached hydrogens (tertiary/aromatic N) is 2. The summed E-state index contributed by atoms with van der Waals surface area (Å²) in [5.74, 6) is 0.0841. The first-order valence-corrected chi connectivity index (χ1v) is 7.19. The highest BCUT2D eigenvalue weighted by Gasteiger charge is 2.32. The quantitative estimate of drug-likeness (QED) is 0.806. The lowest BCUT2D eigenvalue weighted by Crippen LogP contribution is -2.37. The van der Waals surface area contributed by atoms with Crippen LogP contribution in [0.3, 0.4) is 0 Å². The van der Waals surface area contributed by atoms with Gasteiger partial charge in [-0.15, -0.1) is 12.4 Å². The van der Waals surface area contributed by atoms with Crippen molar-refractivity contribution in [1.82, 2.24) is 9.88 Å². The minimum atomic E-state index is -2.96. The zero-order valence-electron chi connectivity index (χ0n) is 9.94. The summed E-state index contributed by atoms with van der Waals surface area (Å²) in [4.78, 5) is 17.4. The van der Waals surface area contributed by atoms with Crippen LogP contribution in [-0.2, 0) is 9.84 Å². The zero-order chi connectivity index (χ0) is 12.5. The van der Waals surface area contributed by atoms with E-state index in [4.69, 9.17) is 0 Å². The molecule has 1 aliphatic rings. The van der Waals surface area contributed by atoms with Crippen molar-refractivity contribution in [3.05, 3.63) is 30.1 Å². The molecule has 0 aliphatic carbocycles. The highest BCUT2D eigenvalue weighted by Crippen LogP contribution is 2.18. The van der Waals surface area contributed by atoms with Gasteiger partial charge in [0.1, 0.15) is 0 Å². The molecule has 1 aliphatic heterocycles. The van der Waals surface area contributed by atoms with Crippen molar-refractivity contribution in [3.63, 3.8) is 0 Å². The molecule has 0 radical (unpaired) electrons. The van der Waals surface area contributed by atoms with E-state index in [1.54, 1.807) is 31.6 Å². The minimum absolute atomic E-state index is 0. The molecule has 100 valence electrons. The van der Waals surface area contributed by atoms with Gasteiger partial charge in [0.15, 0.2) is 9.84 Å². The molecule has 2 heterocycles. The Balaban J connectivity index is 0.00000162. The van der Waals surface area contributed by atoms with E-state index < -0.39 is 9.84 Å². The van der Waals surface area contributed by atoms with Gasteiger partial charge in [0.25, 0.3) is 5.91 Å². The molecule has 0 bridgehead atoms. The monoisotopic (exact) mass is 290 g/mol. The average molecular weight is 291 g/mol. The maximum atomic E-state index is 12.0. The number of hydrogen-bond acceptors (Lipinski definition) is 4. The molecule has 2 rings (SSSR count). The molecule has 1 atom stereocenters. The normalized spacial score (nSPS) is 21.1. The van der Waals surface area contributed by atoms with Gasteiger partial charge in [0.05, 0.1) is 11.5 Å². The van der Waals surface area contributed by atoms with E-state index in [2.05, 4.69) is 4.98 Å². The Morgan fingerprint density at radius 1 is 1.39 bits per heavy atom. The number of sulfone groups is 1. The molecule has 1 amide bonds. The Morgan fingerprint density at radius 2 is 2.00 bits per heavy atom. The standard InChI is InChI=1S/C11H14N2O3S.ClH/c1-13(10-4-7-17(15,16)8-10)11(14)9-2-5-12-6-3-9;/h2-3,5-6,10H,4,7-8H2,1H3;1H. The van der Waals surface area contributed by atoms with Crippen molar-refractivity contribution in [2.45, 2.75) is 12.5 Å². The molecule has 1 fully saturated rings. The maximum absolute atomic E-state index is 12.0. The van der Waals surface area contributed by atoms with Crippen LogP contribution in [0.25, 0.3) is 0 Å². The van der Waals surface area contributed by atoms with Crippen LogP contribution < -0.4 is 0 Å². The highest BCUT2D eigenvalue weighted by atomic mass is 35.5. The largest absolute Gasteiger partial charge is 0.338 e. The summed E-state index contributed by atoms with van der Waals surface area (Å²) in [7, 11) is -1.32. The van der Waals surface area contributed by atoms with Crippen LogP contribution in [0.4, 0.5) is 0 Å². The van der Waals surface area contributed by atoms with Crippen LogP contribution in [0, 0.1) is 0 Å². The van der Waals surface area contributed by atoms with E-state index in [1.165, 1.54) is 4.90 Å². The summed E-state index contributed by atoms with van der Waals surface area (Å²) in [5, 5.41) is 0. The smallest absolute Gasteiger partial charge is 0.253 e. The molecule has 0 spiro atoms. The van der Waals surface area contributed by atoms with E-state index in [9.17, 15) is 13.2 Å². The van der Waals surface area contributed by atoms with Crippen molar-refractivity contribution in [3.8, 4) is 0 Å². The predicted molar refractivity (Wildman–Crippen MR) is 70.6 cm³/mol. The van der Waals surface area contributed by atoms with Crippen molar-refractivity contribution in [1.29, 1.82) is 0 Å². The van der Waals surface area contributed by atoms with E-state index in [-0.39, 0.29) is 35.9 Å². The summed E-state index contributed by atoms with van der Waals surface area (Å²) in [6.07, 6.45) is 3.62. The predicted octanol–water partition coefficient (Wildman–Crippen LogP) is 0.762. The van der Waals surface area contributed by atoms with Crippen LogP contribution in [0.1, 0.15) is 16.8 Å². The zero-order valence-corrected chi connectivity index (χ0v) is 11.6. The lowest BCUT2D eigenvalue weighted by atomic mass is 10.2. The van der Waals surface area contributed by atoms with Gasteiger partial charge in [0, 0.05) is 31.0 Å². The van der Waals surface area contributed by atoms with Crippen molar-refractivity contribution >= 4 is 28.2 Å². The fraction of sp³-hybridized carbons (Fsp3) is 0.455. The van der Waals surface area contributed by atoms with E-state index in [1.807, 2.05) is 0 Å². The Bertz CT molecular complexity index is 518. The molecule has 1 aromatic heterocycles. The van der Waals surface area contributed by atoms with Crippen LogP contribution in [0.5, 0.6) is 0 Å². The first kappa shape index (κ1) is 14.9. The number of pyridine rings is 1. The van der Waals surface area contributed by atoms with Crippen molar-refractivity contribution < 1.29 is 13.2 Å². The average Bonchev–Trinajstić information content (AvgIpc) is 2.69. The fourth-order valence-corrected chi connectivity index (χ4v) is 3.72. The summed E-state index contributed by atoms with van der Waals surface area (Å²) in [6, 6.07) is 3.05. The molecule has 0 N–H and O–H groups in total. The van der Waals surface area contributed by atoms with Gasteiger partial charge in [-0.25, -0.2) is 8.42 Å². The number of aromatic nitrogens is 1. The maximum Gasteiger partial charge on any atom is 0.253 e. The van der Waals surface area contributed by atoms with Gasteiger partial charge in [-0.2, -0.15) is 0 Å². The highest BCUT2D eigenvalue weighted by molar-refractivity contribution is 7.91. The second-order valence-electron chi connectivity index (χ2n) is 4.21. The molecule has 7 heteroatoms. The molecule has 0 saturated carbocycles. The number of carbonyl (C=O) groups excluding carboxylic acids is 1. The molecular formula is C11H15ClN2O3S. The Kier molecular flexibility index (Phi) is 4.70. The topological polar surface area (TPSA) is 67.3 Å². The SMILES string of the molecule is CN(C(=O)c1ccncc1)C1CCS(=O)(=O)C1.Cl. The third-order valence-electron chi connectivity index (χ3n) is 3.00. The van der Waals surface area contributed by atoms with Crippen LogP contribution in [0.15, 0.2) is 24.5 Å². The number of amides is 1. The minimum Gasteiger partial charge on any atom is -0.338 e. The fourth-order valence-electron chi connectivity index (χ4n) is 1.94. The first-order chi connectivity index (χ1) is 7.99. The lowest BCUT2D eigenvalue weighted by molar-refractivity contribution is 0.0747. The number of rotatable bonds is 2. The van der Waals surface area contributed by atoms with Crippen LogP contribution in [-0.4, -0.2) is 48.8 Å². The number of carbonyl (C=O) groups is 1. The van der Waals surface area contributed by atoms with Gasteiger partial charge in [-0.3, -0.25) is 9.78 Å². The molecule has 18 heavy (non-hydrogen) atoms. The van der Waals surface area contributed by atoms with Gasteiger partial charge < -0.3 is 4.90 Å².